The smallest absolute Gasteiger partial charge is 0.257 e. The Balaban J connectivity index is 0.000000118. The third-order valence-electron chi connectivity index (χ3n) is 14.7. The van der Waals surface area contributed by atoms with E-state index < -0.39 is 0 Å². The van der Waals surface area contributed by atoms with E-state index in [1.165, 1.54) is 74.9 Å². The van der Waals surface area contributed by atoms with Gasteiger partial charge in [-0.2, -0.15) is 4.98 Å². The third kappa shape index (κ3) is 8.53. The first-order chi connectivity index (χ1) is 31.8. The Morgan fingerprint density at radius 1 is 0.652 bits per heavy atom. The first-order valence-electron chi connectivity index (χ1n) is 22.1. The van der Waals surface area contributed by atoms with E-state index in [0.717, 1.165) is 62.5 Å². The van der Waals surface area contributed by atoms with Crippen molar-refractivity contribution in [2.24, 2.45) is 11.8 Å². The van der Waals surface area contributed by atoms with Gasteiger partial charge in [0.05, 0.1) is 5.52 Å². The second kappa shape index (κ2) is 17.7. The average molecular weight is 1310 g/mol. The van der Waals surface area contributed by atoms with E-state index in [0.29, 0.717) is 30.5 Å². The van der Waals surface area contributed by atoms with E-state index in [-0.39, 0.29) is 0 Å². The molecule has 0 N–H and O–H groups in total. The van der Waals surface area contributed by atoms with Crippen LogP contribution in [-0.4, -0.2) is 50.0 Å². The van der Waals surface area contributed by atoms with Crippen molar-refractivity contribution in [2.75, 3.05) is 11.9 Å². The Labute approximate surface area is 441 Å². The number of halogens is 6. The minimum Gasteiger partial charge on any atom is -0.329 e. The van der Waals surface area contributed by atoms with E-state index >= 15 is 0 Å². The molecule has 2 aromatic carbocycles. The lowest BCUT2D eigenvalue weighted by atomic mass is 9.43. The van der Waals surface area contributed by atoms with Gasteiger partial charge < -0.3 is 4.90 Å². The van der Waals surface area contributed by atoms with Gasteiger partial charge in [0, 0.05) is 104 Å². The summed E-state index contributed by atoms with van der Waals surface area (Å²) < 4.78 is 6.70. The molecule has 9 saturated carbocycles. The Bertz CT molecular complexity index is 3020. The van der Waals surface area contributed by atoms with Crippen LogP contribution in [0.1, 0.15) is 74.9 Å². The Morgan fingerprint density at radius 2 is 1.23 bits per heavy atom. The molecule has 0 spiro atoms. The van der Waals surface area contributed by atoms with E-state index in [1.807, 2.05) is 60.4 Å². The normalized spacial score (nSPS) is 26.4. The van der Waals surface area contributed by atoms with Crippen LogP contribution in [0.2, 0.25) is 5.02 Å². The molecular weight excluding hydrogens is 1270 g/mol. The van der Waals surface area contributed by atoms with E-state index in [1.54, 1.807) is 12.5 Å². The number of alkyl halides is 1. The minimum atomic E-state index is 0.390. The molecule has 66 heavy (non-hydrogen) atoms. The van der Waals surface area contributed by atoms with Crippen molar-refractivity contribution >= 4 is 133 Å². The summed E-state index contributed by atoms with van der Waals surface area (Å²) in [6, 6.07) is 31.1. The zero-order chi connectivity index (χ0) is 45.4. The number of fused-ring (bicyclic) bond motifs is 3. The van der Waals surface area contributed by atoms with Crippen LogP contribution in [0.25, 0.3) is 27.8 Å². The first-order valence-corrected chi connectivity index (χ1v) is 27.0. The van der Waals surface area contributed by atoms with Gasteiger partial charge in [0.2, 0.25) is 0 Å². The van der Waals surface area contributed by atoms with Crippen LogP contribution in [0.4, 0.5) is 11.5 Å². The van der Waals surface area contributed by atoms with Crippen LogP contribution >= 0.6 is 105 Å². The molecule has 15 heteroatoms. The lowest BCUT2D eigenvalue weighted by Gasteiger charge is -2.67. The molecular formula is C51H43Br3ClI2N9. The van der Waals surface area contributed by atoms with Gasteiger partial charge in [-0.3, -0.25) is 19.4 Å². The highest BCUT2D eigenvalue weighted by molar-refractivity contribution is 14.1. The minimum absolute atomic E-state index is 0.390. The number of hydrogen-bond donors (Lipinski definition) is 0. The summed E-state index contributed by atoms with van der Waals surface area (Å²) >= 11 is 21.1. The molecule has 9 nitrogen and oxygen atoms in total. The number of aromatic nitrogens is 8. The SMILES string of the molecule is Brc1ccc(C23CC(C2)C3)nc1.Brc1ccc(C23CC(I)(C2)C3)nc1.Brc1ccc(I)nc1.CN(c1cccc(-c2ccc(C34CC(C3)C4)nc2)c1)c1nc2nncn2c2cc(Cl)ccc12. The molecule has 6 bridgehead atoms. The van der Waals surface area contributed by atoms with Crippen LogP contribution < -0.4 is 4.90 Å². The Hall–Kier alpha value is -3.16. The molecule has 6 heterocycles. The quantitative estimate of drug-likeness (QED) is 0.0923. The van der Waals surface area contributed by atoms with E-state index in [2.05, 4.69) is 184 Å². The third-order valence-corrected chi connectivity index (χ3v) is 18.1. The fourth-order valence-corrected chi connectivity index (χ4v) is 14.3. The largest absolute Gasteiger partial charge is 0.329 e. The van der Waals surface area contributed by atoms with Gasteiger partial charge in [-0.15, -0.1) is 10.2 Å². The molecule has 17 rings (SSSR count). The van der Waals surface area contributed by atoms with Gasteiger partial charge in [0.1, 0.15) is 15.8 Å². The summed E-state index contributed by atoms with van der Waals surface area (Å²) in [4.78, 5) is 24.7. The van der Waals surface area contributed by atoms with Crippen LogP contribution in [0.3, 0.4) is 0 Å². The molecule has 6 aromatic heterocycles. The Morgan fingerprint density at radius 3 is 1.73 bits per heavy atom. The van der Waals surface area contributed by atoms with Gasteiger partial charge in [0.15, 0.2) is 0 Å². The number of anilines is 2. The summed E-state index contributed by atoms with van der Waals surface area (Å²) in [6.07, 6.45) is 21.5. The zero-order valence-electron chi connectivity index (χ0n) is 35.9. The van der Waals surface area contributed by atoms with Crippen LogP contribution in [0, 0.1) is 15.5 Å². The molecule has 0 atom stereocenters. The van der Waals surface area contributed by atoms with Gasteiger partial charge in [-0.25, -0.2) is 4.98 Å². The van der Waals surface area contributed by atoms with Crippen molar-refractivity contribution in [3.05, 3.63) is 161 Å². The molecule has 0 saturated heterocycles. The number of nitrogens with zero attached hydrogens (tertiary/aromatic N) is 9. The standard InChI is InChI=1S/C26H21ClN6.C10H9BrIN.C10H10BrN.C5H3BrIN/c1-32(24-21-7-6-19(27)10-22(21)33-15-29-31-25(33)30-24)20-4-2-3-17(9-20)18-5-8-23(28-14-18)26-11-16(12-26)13-26;11-7-1-2-8(13-3-7)9-4-10(12,5-9)6-9;11-8-1-2-9(12-6-8)10-3-7(4-10)5-10;6-4-1-2-5(7)8-3-4/h2-10,14-16H,11-13H2,1H3;1-3H,4-6H2;1-2,6-7H,3-5H2;1-3H. The zero-order valence-corrected chi connectivity index (χ0v) is 45.7. The maximum absolute atomic E-state index is 6.28. The summed E-state index contributed by atoms with van der Waals surface area (Å²) in [5, 5.41) is 9.83. The predicted octanol–water partition coefficient (Wildman–Crippen LogP) is 14.6. The molecule has 334 valence electrons. The van der Waals surface area contributed by atoms with Crippen LogP contribution in [0.15, 0.2) is 136 Å². The lowest BCUT2D eigenvalue weighted by molar-refractivity contribution is -0.0309. The highest BCUT2D eigenvalue weighted by Crippen LogP contribution is 2.72. The van der Waals surface area contributed by atoms with Gasteiger partial charge in [-0.1, -0.05) is 52.4 Å². The fourth-order valence-electron chi connectivity index (χ4n) is 10.9. The van der Waals surface area contributed by atoms with Crippen LogP contribution in [-0.2, 0) is 16.2 Å². The van der Waals surface area contributed by atoms with Crippen molar-refractivity contribution in [3.63, 3.8) is 0 Å². The molecule has 9 aliphatic rings. The second-order valence-corrected chi connectivity index (χ2v) is 25.7. The van der Waals surface area contributed by atoms with Crippen molar-refractivity contribution in [3.8, 4) is 11.1 Å². The van der Waals surface area contributed by atoms with Crippen molar-refractivity contribution in [1.82, 2.24) is 39.5 Å². The van der Waals surface area contributed by atoms with Gasteiger partial charge in [0.25, 0.3) is 5.78 Å². The molecule has 8 aromatic rings. The topological polar surface area (TPSA) is 97.9 Å². The summed E-state index contributed by atoms with van der Waals surface area (Å²) in [7, 11) is 2.02. The highest BCUT2D eigenvalue weighted by Gasteiger charge is 2.67. The number of pyridine rings is 4. The van der Waals surface area contributed by atoms with Crippen LogP contribution in [0.5, 0.6) is 0 Å². The number of benzene rings is 2. The molecule has 9 aliphatic carbocycles. The average Bonchev–Trinajstić information content (AvgIpc) is 3.72. The van der Waals surface area contributed by atoms with Gasteiger partial charge in [-0.05, 0) is 218 Å². The van der Waals surface area contributed by atoms with Crippen molar-refractivity contribution in [1.29, 1.82) is 0 Å². The van der Waals surface area contributed by atoms with E-state index in [9.17, 15) is 0 Å². The summed E-state index contributed by atoms with van der Waals surface area (Å²) in [6.45, 7) is 0. The number of rotatable bonds is 6. The lowest BCUT2D eigenvalue weighted by Crippen LogP contribution is -2.66. The predicted molar refractivity (Wildman–Crippen MR) is 290 cm³/mol. The molecule has 9 fully saturated rings. The van der Waals surface area contributed by atoms with Crippen molar-refractivity contribution in [2.45, 2.75) is 77.5 Å². The fraction of sp³-hybridized carbons (Fsp3) is 0.314. The Kier molecular flexibility index (Phi) is 12.1. The maximum Gasteiger partial charge on any atom is 0.257 e. The molecule has 0 radical (unpaired) electrons. The first kappa shape index (κ1) is 45.3. The highest BCUT2D eigenvalue weighted by atomic mass is 127. The van der Waals surface area contributed by atoms with Crippen molar-refractivity contribution < 1.29 is 0 Å². The summed E-state index contributed by atoms with van der Waals surface area (Å²) in [5.74, 6) is 3.33. The molecule has 0 aliphatic heterocycles. The second-order valence-electron chi connectivity index (χ2n) is 19.1. The summed E-state index contributed by atoms with van der Waals surface area (Å²) in [5.41, 5.74) is 9.46. The maximum atomic E-state index is 6.28. The molecule has 0 amide bonds. The van der Waals surface area contributed by atoms with Gasteiger partial charge >= 0.3 is 0 Å². The monoisotopic (exact) mass is 1310 g/mol. The molecule has 0 unspecified atom stereocenters. The number of hydrogen-bond acceptors (Lipinski definition) is 8. The van der Waals surface area contributed by atoms with E-state index in [4.69, 9.17) is 21.6 Å².